The summed E-state index contributed by atoms with van der Waals surface area (Å²) in [5.41, 5.74) is 6.39. The van der Waals surface area contributed by atoms with E-state index in [1.807, 2.05) is 13.0 Å². The Kier molecular flexibility index (Phi) is 5.01. The van der Waals surface area contributed by atoms with Crippen LogP contribution in [0.3, 0.4) is 0 Å². The number of hydrogen-bond donors (Lipinski definition) is 2. The minimum Gasteiger partial charge on any atom is -0.476 e. The van der Waals surface area contributed by atoms with Gasteiger partial charge in [-0.2, -0.15) is 4.98 Å². The van der Waals surface area contributed by atoms with Gasteiger partial charge in [0.1, 0.15) is 5.82 Å². The molecule has 1 aliphatic rings. The smallest absolute Gasteiger partial charge is 0.239 e. The summed E-state index contributed by atoms with van der Waals surface area (Å²) in [7, 11) is -0.636. The molecule has 19 heavy (non-hydrogen) atoms. The molecule has 1 saturated heterocycles. The van der Waals surface area contributed by atoms with Gasteiger partial charge in [-0.05, 0) is 31.4 Å². The fraction of sp³-hybridized carbons (Fsp3) is 0.615. The summed E-state index contributed by atoms with van der Waals surface area (Å²) in [6, 6.07) is 4.01. The monoisotopic (exact) mass is 283 g/mol. The fourth-order valence-electron chi connectivity index (χ4n) is 1.99. The molecule has 1 fully saturated rings. The summed E-state index contributed by atoms with van der Waals surface area (Å²) in [5, 5.41) is 3.36. The molecular formula is C13H21N3O2S. The third-order valence-electron chi connectivity index (χ3n) is 3.07. The van der Waals surface area contributed by atoms with Gasteiger partial charge in [0, 0.05) is 28.3 Å². The zero-order valence-corrected chi connectivity index (χ0v) is 12.0. The summed E-state index contributed by atoms with van der Waals surface area (Å²) < 4.78 is 16.8. The Balaban J connectivity index is 1.98. The Morgan fingerprint density at radius 1 is 1.47 bits per heavy atom. The maximum atomic E-state index is 11.3. The largest absolute Gasteiger partial charge is 0.476 e. The third kappa shape index (κ3) is 4.09. The van der Waals surface area contributed by atoms with Crippen molar-refractivity contribution in [1.29, 1.82) is 0 Å². The van der Waals surface area contributed by atoms with Crippen molar-refractivity contribution >= 4 is 22.3 Å². The molecule has 0 spiro atoms. The molecule has 1 aliphatic heterocycles. The van der Waals surface area contributed by atoms with E-state index < -0.39 is 10.8 Å². The average Bonchev–Trinajstić information content (AvgIpc) is 2.42. The van der Waals surface area contributed by atoms with Gasteiger partial charge in [0.15, 0.2) is 0 Å². The van der Waals surface area contributed by atoms with E-state index >= 15 is 0 Å². The number of rotatable bonds is 5. The standard InChI is InChI=1S/C13H21N3O2S/c1-2-7-18-13-11(14)3-4-12(16-13)15-10-5-8-19(17)9-6-10/h3-4,10H,2,5-9,14H2,1H3,(H,15,16). The molecule has 2 rings (SSSR count). The maximum absolute atomic E-state index is 11.3. The van der Waals surface area contributed by atoms with Crippen LogP contribution in [0.1, 0.15) is 26.2 Å². The summed E-state index contributed by atoms with van der Waals surface area (Å²) in [6.45, 7) is 2.66. The highest BCUT2D eigenvalue weighted by atomic mass is 32.2. The minimum atomic E-state index is -0.636. The number of hydrogen-bond acceptors (Lipinski definition) is 5. The summed E-state index contributed by atoms with van der Waals surface area (Å²) in [6.07, 6.45) is 2.76. The highest BCUT2D eigenvalue weighted by Crippen LogP contribution is 2.22. The van der Waals surface area contributed by atoms with Gasteiger partial charge in [-0.15, -0.1) is 0 Å². The van der Waals surface area contributed by atoms with Crippen molar-refractivity contribution in [2.24, 2.45) is 0 Å². The molecular weight excluding hydrogens is 262 g/mol. The molecule has 0 aromatic carbocycles. The van der Waals surface area contributed by atoms with E-state index in [0.717, 1.165) is 36.6 Å². The van der Waals surface area contributed by atoms with Gasteiger partial charge in [-0.3, -0.25) is 4.21 Å². The Labute approximate surface area is 116 Å². The Morgan fingerprint density at radius 3 is 2.89 bits per heavy atom. The Bertz CT molecular complexity index is 444. The number of nitrogen functional groups attached to an aromatic ring is 1. The lowest BCUT2D eigenvalue weighted by Gasteiger charge is -2.23. The molecule has 0 atom stereocenters. The van der Waals surface area contributed by atoms with E-state index in [9.17, 15) is 4.21 Å². The number of pyridine rings is 1. The normalized spacial score (nSPS) is 23.0. The van der Waals surface area contributed by atoms with Gasteiger partial charge in [0.2, 0.25) is 5.88 Å². The molecule has 2 heterocycles. The predicted octanol–water partition coefficient (Wildman–Crippen LogP) is 1.78. The van der Waals surface area contributed by atoms with Gasteiger partial charge < -0.3 is 15.8 Å². The van der Waals surface area contributed by atoms with Crippen molar-refractivity contribution in [3.8, 4) is 5.88 Å². The average molecular weight is 283 g/mol. The molecule has 106 valence electrons. The molecule has 3 N–H and O–H groups in total. The molecule has 1 aromatic rings. The topological polar surface area (TPSA) is 77.2 Å². The van der Waals surface area contributed by atoms with Crippen LogP contribution >= 0.6 is 0 Å². The van der Waals surface area contributed by atoms with E-state index in [-0.39, 0.29) is 0 Å². The van der Waals surface area contributed by atoms with E-state index in [2.05, 4.69) is 10.3 Å². The van der Waals surface area contributed by atoms with E-state index in [1.54, 1.807) is 6.07 Å². The molecule has 0 saturated carbocycles. The van der Waals surface area contributed by atoms with Crippen molar-refractivity contribution in [3.05, 3.63) is 12.1 Å². The number of aromatic nitrogens is 1. The van der Waals surface area contributed by atoms with E-state index in [0.29, 0.717) is 24.2 Å². The molecule has 0 amide bonds. The first-order valence-corrected chi connectivity index (χ1v) is 8.18. The number of nitrogens with two attached hydrogens (primary N) is 1. The molecule has 1 aromatic heterocycles. The third-order valence-corrected chi connectivity index (χ3v) is 4.45. The van der Waals surface area contributed by atoms with Gasteiger partial charge in [0.25, 0.3) is 0 Å². The fourth-order valence-corrected chi connectivity index (χ4v) is 3.29. The highest BCUT2D eigenvalue weighted by Gasteiger charge is 2.18. The second-order valence-electron chi connectivity index (χ2n) is 4.71. The van der Waals surface area contributed by atoms with Crippen LogP contribution in [0.15, 0.2) is 12.1 Å². The van der Waals surface area contributed by atoms with Crippen LogP contribution in [-0.2, 0) is 10.8 Å². The molecule has 0 bridgehead atoms. The molecule has 0 radical (unpaired) electrons. The maximum Gasteiger partial charge on any atom is 0.239 e. The van der Waals surface area contributed by atoms with Gasteiger partial charge in [0.05, 0.1) is 12.3 Å². The molecule has 5 nitrogen and oxygen atoms in total. The van der Waals surface area contributed by atoms with Crippen LogP contribution in [0.5, 0.6) is 5.88 Å². The second kappa shape index (κ2) is 6.75. The molecule has 0 aliphatic carbocycles. The van der Waals surface area contributed by atoms with Gasteiger partial charge >= 0.3 is 0 Å². The molecule has 0 unspecified atom stereocenters. The van der Waals surface area contributed by atoms with Crippen molar-refractivity contribution in [2.45, 2.75) is 32.2 Å². The summed E-state index contributed by atoms with van der Waals surface area (Å²) >= 11 is 0. The lowest BCUT2D eigenvalue weighted by atomic mass is 10.1. The number of ether oxygens (including phenoxy) is 1. The second-order valence-corrected chi connectivity index (χ2v) is 6.40. The van der Waals surface area contributed by atoms with Crippen LogP contribution in [-0.4, -0.2) is 33.3 Å². The highest BCUT2D eigenvalue weighted by molar-refractivity contribution is 7.85. The Hall–Kier alpha value is -1.30. The zero-order valence-electron chi connectivity index (χ0n) is 11.2. The first-order chi connectivity index (χ1) is 9.19. The first kappa shape index (κ1) is 14.1. The van der Waals surface area contributed by atoms with Crippen molar-refractivity contribution in [3.63, 3.8) is 0 Å². The Morgan fingerprint density at radius 2 is 2.21 bits per heavy atom. The van der Waals surface area contributed by atoms with Gasteiger partial charge in [-0.1, -0.05) is 6.92 Å². The van der Waals surface area contributed by atoms with Gasteiger partial charge in [-0.25, -0.2) is 0 Å². The van der Waals surface area contributed by atoms with E-state index in [1.165, 1.54) is 0 Å². The van der Waals surface area contributed by atoms with Crippen molar-refractivity contribution < 1.29 is 8.95 Å². The van der Waals surface area contributed by atoms with Crippen LogP contribution in [0.4, 0.5) is 11.5 Å². The van der Waals surface area contributed by atoms with Crippen LogP contribution < -0.4 is 15.8 Å². The number of anilines is 2. The van der Waals surface area contributed by atoms with Crippen molar-refractivity contribution in [1.82, 2.24) is 4.98 Å². The minimum absolute atomic E-state index is 0.341. The number of nitrogens with one attached hydrogen (secondary N) is 1. The van der Waals surface area contributed by atoms with E-state index in [4.69, 9.17) is 10.5 Å². The first-order valence-electron chi connectivity index (χ1n) is 6.70. The summed E-state index contributed by atoms with van der Waals surface area (Å²) in [5.74, 6) is 2.81. The van der Waals surface area contributed by atoms with Crippen LogP contribution in [0, 0.1) is 0 Å². The predicted molar refractivity (Wildman–Crippen MR) is 79.0 cm³/mol. The lowest BCUT2D eigenvalue weighted by Crippen LogP contribution is -2.29. The van der Waals surface area contributed by atoms with Crippen LogP contribution in [0.25, 0.3) is 0 Å². The van der Waals surface area contributed by atoms with Crippen molar-refractivity contribution in [2.75, 3.05) is 29.2 Å². The quantitative estimate of drug-likeness (QED) is 0.861. The SMILES string of the molecule is CCCOc1nc(NC2CCS(=O)CC2)ccc1N. The molecule has 6 heteroatoms. The zero-order chi connectivity index (χ0) is 13.7. The van der Waals surface area contributed by atoms with Crippen LogP contribution in [0.2, 0.25) is 0 Å². The lowest BCUT2D eigenvalue weighted by molar-refractivity contribution is 0.307. The number of nitrogens with zero attached hydrogens (tertiary/aromatic N) is 1. The summed E-state index contributed by atoms with van der Waals surface area (Å²) in [4.78, 5) is 4.39.